The van der Waals surface area contributed by atoms with Gasteiger partial charge in [-0.05, 0) is 32.2 Å². The highest BCUT2D eigenvalue weighted by atomic mass is 16.2. The summed E-state index contributed by atoms with van der Waals surface area (Å²) in [5, 5.41) is 7.89. The fraction of sp³-hybridized carbons (Fsp3) is 0.733. The molecule has 20 heavy (non-hydrogen) atoms. The molecular weight excluding hydrogens is 252 g/mol. The maximum atomic E-state index is 12.7. The van der Waals surface area contributed by atoms with E-state index >= 15 is 0 Å². The molecule has 112 valence electrons. The maximum Gasteiger partial charge on any atom is 0.257 e. The monoisotopic (exact) mass is 278 g/mol. The Morgan fingerprint density at radius 3 is 3.00 bits per heavy atom. The number of carbonyl (C=O) groups excluding carboxylic acids is 1. The van der Waals surface area contributed by atoms with Crippen molar-refractivity contribution < 1.29 is 4.79 Å². The van der Waals surface area contributed by atoms with Crippen molar-refractivity contribution in [2.45, 2.75) is 45.6 Å². The fourth-order valence-electron chi connectivity index (χ4n) is 2.82. The molecule has 1 aromatic heterocycles. The van der Waals surface area contributed by atoms with Crippen LogP contribution >= 0.6 is 0 Å². The first-order valence-corrected chi connectivity index (χ1v) is 7.70. The highest BCUT2D eigenvalue weighted by molar-refractivity contribution is 5.95. The van der Waals surface area contributed by atoms with Gasteiger partial charge >= 0.3 is 0 Å². The lowest BCUT2D eigenvalue weighted by Crippen LogP contribution is -2.48. The van der Waals surface area contributed by atoms with Crippen LogP contribution in [0.2, 0.25) is 0 Å². The minimum absolute atomic E-state index is 0.137. The van der Waals surface area contributed by atoms with Gasteiger partial charge in [0.1, 0.15) is 0 Å². The number of carbonyl (C=O) groups is 1. The Bertz CT molecular complexity index is 455. The van der Waals surface area contributed by atoms with Crippen LogP contribution in [-0.4, -0.2) is 46.3 Å². The molecule has 0 bridgehead atoms. The molecule has 1 atom stereocenters. The molecule has 0 saturated carbocycles. The zero-order valence-electron chi connectivity index (χ0n) is 12.9. The van der Waals surface area contributed by atoms with Crippen LogP contribution in [0.1, 0.15) is 49.2 Å². The van der Waals surface area contributed by atoms with Crippen molar-refractivity contribution in [2.75, 3.05) is 19.6 Å². The second kappa shape index (κ2) is 6.88. The lowest BCUT2D eigenvalue weighted by Gasteiger charge is -2.33. The molecule has 1 amide bonds. The Labute approximate surface area is 121 Å². The molecule has 1 unspecified atom stereocenters. The van der Waals surface area contributed by atoms with Gasteiger partial charge in [-0.1, -0.05) is 13.8 Å². The van der Waals surface area contributed by atoms with E-state index in [0.29, 0.717) is 6.04 Å². The lowest BCUT2D eigenvalue weighted by atomic mass is 10.0. The first-order chi connectivity index (χ1) is 9.65. The van der Waals surface area contributed by atoms with E-state index in [1.165, 1.54) is 0 Å². The van der Waals surface area contributed by atoms with E-state index in [1.54, 1.807) is 4.68 Å². The molecule has 1 saturated heterocycles. The number of aryl methyl sites for hydroxylation is 2. The van der Waals surface area contributed by atoms with Crippen molar-refractivity contribution in [3.8, 4) is 0 Å². The van der Waals surface area contributed by atoms with Crippen LogP contribution in [0.15, 0.2) is 6.20 Å². The standard InChI is InChI=1S/C15H26N4O/c1-4-8-16-12-7-6-9-19(10-12)15(20)13-11-18(3)17-14(13)5-2/h11-12,16H,4-10H2,1-3H3. The van der Waals surface area contributed by atoms with Gasteiger partial charge in [0.25, 0.3) is 5.91 Å². The highest BCUT2D eigenvalue weighted by Gasteiger charge is 2.26. The van der Waals surface area contributed by atoms with Gasteiger partial charge in [-0.25, -0.2) is 0 Å². The average molecular weight is 278 g/mol. The van der Waals surface area contributed by atoms with E-state index in [9.17, 15) is 4.79 Å². The number of nitrogens with one attached hydrogen (secondary N) is 1. The van der Waals surface area contributed by atoms with E-state index in [1.807, 2.05) is 25.1 Å². The first kappa shape index (κ1) is 15.0. The van der Waals surface area contributed by atoms with E-state index in [-0.39, 0.29) is 5.91 Å². The summed E-state index contributed by atoms with van der Waals surface area (Å²) in [5.74, 6) is 0.137. The zero-order chi connectivity index (χ0) is 14.5. The number of nitrogens with zero attached hydrogens (tertiary/aromatic N) is 3. The zero-order valence-corrected chi connectivity index (χ0v) is 12.9. The minimum atomic E-state index is 0.137. The molecule has 0 aromatic carbocycles. The van der Waals surface area contributed by atoms with Crippen LogP contribution in [-0.2, 0) is 13.5 Å². The molecule has 1 aliphatic heterocycles. The second-order valence-corrected chi connectivity index (χ2v) is 5.56. The summed E-state index contributed by atoms with van der Waals surface area (Å²) < 4.78 is 1.74. The van der Waals surface area contributed by atoms with Crippen LogP contribution in [0.25, 0.3) is 0 Å². The molecule has 2 heterocycles. The highest BCUT2D eigenvalue weighted by Crippen LogP contribution is 2.16. The molecule has 2 rings (SSSR count). The van der Waals surface area contributed by atoms with Gasteiger partial charge in [-0.15, -0.1) is 0 Å². The number of hydrogen-bond donors (Lipinski definition) is 1. The van der Waals surface area contributed by atoms with E-state index in [4.69, 9.17) is 0 Å². The fourth-order valence-corrected chi connectivity index (χ4v) is 2.82. The molecule has 1 fully saturated rings. The molecule has 0 radical (unpaired) electrons. The number of piperidine rings is 1. The van der Waals surface area contributed by atoms with Crippen LogP contribution in [0.4, 0.5) is 0 Å². The van der Waals surface area contributed by atoms with Crippen molar-refractivity contribution in [1.29, 1.82) is 0 Å². The molecule has 1 aromatic rings. The Balaban J connectivity index is 2.04. The molecular formula is C15H26N4O. The SMILES string of the molecule is CCCNC1CCCN(C(=O)c2cn(C)nc2CC)C1. The second-order valence-electron chi connectivity index (χ2n) is 5.56. The third-order valence-corrected chi connectivity index (χ3v) is 3.86. The molecule has 5 nitrogen and oxygen atoms in total. The molecule has 0 aliphatic carbocycles. The third kappa shape index (κ3) is 3.39. The number of aromatic nitrogens is 2. The predicted molar refractivity (Wildman–Crippen MR) is 79.8 cm³/mol. The first-order valence-electron chi connectivity index (χ1n) is 7.70. The Morgan fingerprint density at radius 2 is 2.30 bits per heavy atom. The van der Waals surface area contributed by atoms with Crippen LogP contribution in [0.3, 0.4) is 0 Å². The van der Waals surface area contributed by atoms with Gasteiger partial charge in [0.2, 0.25) is 0 Å². The summed E-state index contributed by atoms with van der Waals surface area (Å²) in [7, 11) is 1.87. The number of likely N-dealkylation sites (tertiary alicyclic amines) is 1. The summed E-state index contributed by atoms with van der Waals surface area (Å²) in [6.45, 7) is 6.92. The quantitative estimate of drug-likeness (QED) is 0.890. The van der Waals surface area contributed by atoms with Crippen molar-refractivity contribution >= 4 is 5.91 Å². The van der Waals surface area contributed by atoms with Gasteiger partial charge in [0, 0.05) is 32.4 Å². The van der Waals surface area contributed by atoms with E-state index in [2.05, 4.69) is 17.3 Å². The number of amides is 1. The van der Waals surface area contributed by atoms with Crippen molar-refractivity contribution in [3.63, 3.8) is 0 Å². The van der Waals surface area contributed by atoms with Gasteiger partial charge in [0.15, 0.2) is 0 Å². The molecule has 0 spiro atoms. The van der Waals surface area contributed by atoms with E-state index < -0.39 is 0 Å². The van der Waals surface area contributed by atoms with Gasteiger partial charge in [-0.2, -0.15) is 5.10 Å². The Kier molecular flexibility index (Phi) is 5.17. The van der Waals surface area contributed by atoms with Crippen molar-refractivity contribution in [1.82, 2.24) is 20.0 Å². The maximum absolute atomic E-state index is 12.7. The van der Waals surface area contributed by atoms with Gasteiger partial charge in [0.05, 0.1) is 11.3 Å². The summed E-state index contributed by atoms with van der Waals surface area (Å²) in [6, 6.07) is 0.439. The topological polar surface area (TPSA) is 50.2 Å². The molecule has 1 N–H and O–H groups in total. The average Bonchev–Trinajstić information content (AvgIpc) is 2.85. The van der Waals surface area contributed by atoms with Gasteiger partial charge < -0.3 is 10.2 Å². The normalized spacial score (nSPS) is 19.4. The third-order valence-electron chi connectivity index (χ3n) is 3.86. The smallest absolute Gasteiger partial charge is 0.257 e. The minimum Gasteiger partial charge on any atom is -0.337 e. The van der Waals surface area contributed by atoms with Crippen LogP contribution < -0.4 is 5.32 Å². The predicted octanol–water partition coefficient (Wildman–Crippen LogP) is 1.59. The Hall–Kier alpha value is -1.36. The van der Waals surface area contributed by atoms with Crippen LogP contribution in [0, 0.1) is 0 Å². The summed E-state index contributed by atoms with van der Waals surface area (Å²) >= 11 is 0. The summed E-state index contributed by atoms with van der Waals surface area (Å²) in [4.78, 5) is 14.6. The number of hydrogen-bond acceptors (Lipinski definition) is 3. The summed E-state index contributed by atoms with van der Waals surface area (Å²) in [5.41, 5.74) is 1.67. The molecule has 5 heteroatoms. The molecule has 1 aliphatic rings. The Morgan fingerprint density at radius 1 is 1.50 bits per heavy atom. The number of rotatable bonds is 5. The van der Waals surface area contributed by atoms with E-state index in [0.717, 1.165) is 56.6 Å². The van der Waals surface area contributed by atoms with Gasteiger partial charge in [-0.3, -0.25) is 9.48 Å². The van der Waals surface area contributed by atoms with Crippen LogP contribution in [0.5, 0.6) is 0 Å². The largest absolute Gasteiger partial charge is 0.337 e. The summed E-state index contributed by atoms with van der Waals surface area (Å²) in [6.07, 6.45) is 6.02. The van der Waals surface area contributed by atoms with Crippen molar-refractivity contribution in [3.05, 3.63) is 17.5 Å². The lowest BCUT2D eigenvalue weighted by molar-refractivity contribution is 0.0694. The van der Waals surface area contributed by atoms with Crippen molar-refractivity contribution in [2.24, 2.45) is 7.05 Å².